The predicted octanol–water partition coefficient (Wildman–Crippen LogP) is 10.2. The summed E-state index contributed by atoms with van der Waals surface area (Å²) >= 11 is 0. The Labute approximate surface area is 578 Å². The Morgan fingerprint density at radius 2 is 0.747 bits per heavy atom. The first kappa shape index (κ1) is 68.4. The van der Waals surface area contributed by atoms with E-state index in [1.54, 1.807) is 24.5 Å². The molecule has 0 radical (unpaired) electrons. The van der Waals surface area contributed by atoms with Crippen molar-refractivity contribution in [2.75, 3.05) is 54.0 Å². The third-order valence-electron chi connectivity index (χ3n) is 21.1. The highest BCUT2D eigenvalue weighted by molar-refractivity contribution is 6.11. The lowest BCUT2D eigenvalue weighted by molar-refractivity contribution is -0.129. The first-order chi connectivity index (χ1) is 47.4. The van der Waals surface area contributed by atoms with Gasteiger partial charge >= 0.3 is 18.3 Å². The molecule has 6 aliphatic heterocycles. The number of anilines is 3. The fourth-order valence-electron chi connectivity index (χ4n) is 15.8. The summed E-state index contributed by atoms with van der Waals surface area (Å²) in [6, 6.07) is 23.5. The molecule has 0 saturated carbocycles. The molecular weight excluding hydrogens is 1260 g/mol. The molecule has 23 nitrogen and oxygen atoms in total. The second-order valence-electron chi connectivity index (χ2n) is 29.8. The van der Waals surface area contributed by atoms with Gasteiger partial charge in [-0.25, -0.2) is 29.3 Å². The third-order valence-corrected chi connectivity index (χ3v) is 21.1. The van der Waals surface area contributed by atoms with Gasteiger partial charge in [-0.05, 0) is 153 Å². The summed E-state index contributed by atoms with van der Waals surface area (Å²) in [7, 11) is 0. The smallest absolute Gasteiger partial charge is 0.410 e. The molecule has 0 unspecified atom stereocenters. The number of imidazole rings is 3. The van der Waals surface area contributed by atoms with Crippen molar-refractivity contribution in [3.63, 3.8) is 0 Å². The topological polar surface area (TPSA) is 248 Å². The molecule has 0 atom stereocenters. The maximum atomic E-state index is 13.9. The van der Waals surface area contributed by atoms with Crippen molar-refractivity contribution in [1.29, 1.82) is 0 Å². The Morgan fingerprint density at radius 1 is 0.424 bits per heavy atom. The minimum atomic E-state index is -0.753. The number of aromatic amines is 1. The Morgan fingerprint density at radius 3 is 1.09 bits per heavy atom. The zero-order valence-electron chi connectivity index (χ0n) is 59.0. The van der Waals surface area contributed by atoms with E-state index in [1.807, 2.05) is 147 Å². The average Bonchev–Trinajstić information content (AvgIpc) is 1.58. The van der Waals surface area contributed by atoms with Crippen LogP contribution < -0.4 is 14.7 Å². The molecule has 3 spiro atoms. The Hall–Kier alpha value is -9.15. The SMILES string of the molecule is CC(C)OC(=O)N1CC2(C1)C(=O)N(Cc1nc3c([nH]1)CCCC3)c1ccccc12.CC(C)OC(=O)N1CC2(C1)C(=O)N(Cc1nc3c(n1CC(=O)C(C)C)CCCC3)c1ccccc12.CC(C)OC(=O)N1CC2(C1)C(=O)N(Cc1nc3c(n1CC(=O)C(C)C)CCCC3)c1ccccc12. The number of carbonyl (C=O) groups is 8. The lowest BCUT2D eigenvalue weighted by Gasteiger charge is -2.46. The summed E-state index contributed by atoms with van der Waals surface area (Å²) in [6.45, 7) is 22.2. The number of nitrogens with one attached hydrogen (secondary N) is 1. The average molecular weight is 1350 g/mol. The number of fused-ring (bicyclic) bond motifs is 9. The van der Waals surface area contributed by atoms with E-state index in [1.165, 1.54) is 18.5 Å². The number of amides is 6. The fraction of sp³-hybridized carbons (Fsp3) is 0.539. The van der Waals surface area contributed by atoms with Gasteiger partial charge in [0.2, 0.25) is 17.7 Å². The number of para-hydroxylation sites is 3. The first-order valence-electron chi connectivity index (χ1n) is 35.8. The molecule has 23 heteroatoms. The largest absolute Gasteiger partial charge is 0.447 e. The van der Waals surface area contributed by atoms with Crippen molar-refractivity contribution in [2.45, 2.75) is 214 Å². The van der Waals surface area contributed by atoms with Crippen LogP contribution >= 0.6 is 0 Å². The zero-order valence-corrected chi connectivity index (χ0v) is 59.0. The van der Waals surface area contributed by atoms with Gasteiger partial charge in [-0.3, -0.25) is 24.0 Å². The minimum Gasteiger partial charge on any atom is -0.447 e. The van der Waals surface area contributed by atoms with Gasteiger partial charge in [0.05, 0.1) is 68.1 Å². The van der Waals surface area contributed by atoms with Crippen LogP contribution in [0.4, 0.5) is 31.4 Å². The van der Waals surface area contributed by atoms with Crippen LogP contribution in [0.3, 0.4) is 0 Å². The fourth-order valence-corrected chi connectivity index (χ4v) is 15.8. The van der Waals surface area contributed by atoms with E-state index in [0.29, 0.717) is 72.0 Å². The van der Waals surface area contributed by atoms with Crippen LogP contribution in [0.2, 0.25) is 0 Å². The van der Waals surface area contributed by atoms with Crippen molar-refractivity contribution in [1.82, 2.24) is 43.8 Å². The van der Waals surface area contributed by atoms with E-state index in [2.05, 4.69) is 14.1 Å². The van der Waals surface area contributed by atoms with Gasteiger partial charge in [-0.2, -0.15) is 0 Å². The number of Topliss-reactive ketones (excluding diaryl/α,β-unsaturated/α-hetero) is 2. The number of aryl methyl sites for hydroxylation is 4. The van der Waals surface area contributed by atoms with E-state index >= 15 is 0 Å². The second-order valence-corrected chi connectivity index (χ2v) is 29.8. The third kappa shape index (κ3) is 12.6. The Kier molecular flexibility index (Phi) is 18.8. The number of ketones is 2. The maximum Gasteiger partial charge on any atom is 0.410 e. The van der Waals surface area contributed by atoms with Crippen LogP contribution in [-0.4, -0.2) is 149 Å². The van der Waals surface area contributed by atoms with Crippen molar-refractivity contribution in [3.8, 4) is 0 Å². The Bertz CT molecular complexity index is 3950. The monoisotopic (exact) mass is 1350 g/mol. The summed E-state index contributed by atoms with van der Waals surface area (Å²) in [5.41, 5.74) is 10.1. The highest BCUT2D eigenvalue weighted by Gasteiger charge is 2.62. The lowest BCUT2D eigenvalue weighted by Crippen LogP contribution is -2.65. The number of rotatable bonds is 15. The first-order valence-corrected chi connectivity index (χ1v) is 35.8. The van der Waals surface area contributed by atoms with Crippen LogP contribution in [0.5, 0.6) is 0 Å². The van der Waals surface area contributed by atoms with E-state index in [0.717, 1.165) is 144 Å². The highest BCUT2D eigenvalue weighted by atomic mass is 16.6. The molecule has 3 aliphatic carbocycles. The summed E-state index contributed by atoms with van der Waals surface area (Å²) in [4.78, 5) is 132. The molecule has 524 valence electrons. The van der Waals surface area contributed by atoms with Gasteiger partial charge in [-0.1, -0.05) is 82.3 Å². The van der Waals surface area contributed by atoms with Crippen LogP contribution in [0.15, 0.2) is 72.8 Å². The molecule has 99 heavy (non-hydrogen) atoms. The quantitative estimate of drug-likeness (QED) is 0.0940. The summed E-state index contributed by atoms with van der Waals surface area (Å²) in [5, 5.41) is 0. The summed E-state index contributed by atoms with van der Waals surface area (Å²) in [6.07, 6.45) is 10.7. The van der Waals surface area contributed by atoms with E-state index in [-0.39, 0.29) is 77.7 Å². The Balaban J connectivity index is 0.000000134. The van der Waals surface area contributed by atoms with Crippen molar-refractivity contribution in [2.24, 2.45) is 11.8 Å². The molecule has 6 amide bonds. The van der Waals surface area contributed by atoms with Gasteiger partial charge in [-0.15, -0.1) is 0 Å². The van der Waals surface area contributed by atoms with Gasteiger partial charge in [0.1, 0.15) is 33.7 Å². The number of hydrogen-bond donors (Lipinski definition) is 1. The number of H-pyrrole nitrogens is 1. The highest BCUT2D eigenvalue weighted by Crippen LogP contribution is 2.51. The lowest BCUT2D eigenvalue weighted by atomic mass is 9.75. The molecule has 6 aromatic rings. The van der Waals surface area contributed by atoms with E-state index in [9.17, 15) is 38.4 Å². The molecule has 3 aromatic carbocycles. The number of hydrogen-bond acceptors (Lipinski definition) is 14. The molecule has 3 fully saturated rings. The molecule has 9 heterocycles. The minimum absolute atomic E-state index is 0.0185. The van der Waals surface area contributed by atoms with Crippen LogP contribution in [0.25, 0.3) is 0 Å². The van der Waals surface area contributed by atoms with Gasteiger partial charge < -0.3 is 57.7 Å². The molecule has 0 bridgehead atoms. The van der Waals surface area contributed by atoms with E-state index in [4.69, 9.17) is 29.2 Å². The number of carbonyl (C=O) groups excluding carboxylic acids is 8. The summed E-state index contributed by atoms with van der Waals surface area (Å²) < 4.78 is 20.1. The van der Waals surface area contributed by atoms with Gasteiger partial charge in [0, 0.05) is 85.2 Å². The standard InChI is InChI=1S/2C27H34N4O4.C22H26N4O3/c2*1-17(2)23(32)13-30-22-12-8-6-10-20(22)28-24(30)14-31-21-11-7-5-9-19(21)27(25(31)33)15-29(16-27)26(34)35-18(3)4;1-14(2)29-21(28)25-12-22(13-25)15-7-3-6-10-18(15)26(20(22)27)11-19-23-16-8-4-5-9-17(16)24-19/h2*5,7,9,11,17-18H,6,8,10,12-16H2,1-4H3;3,6-7,10,14H,4-5,8-9,11-13H2,1-2H3,(H,23,24). The maximum absolute atomic E-state index is 13.9. The molecule has 9 aliphatic rings. The number of benzene rings is 3. The van der Waals surface area contributed by atoms with Crippen LogP contribution in [0, 0.1) is 11.8 Å². The molecule has 15 rings (SSSR count). The summed E-state index contributed by atoms with van der Waals surface area (Å²) in [5.74, 6) is 2.59. The number of nitrogens with zero attached hydrogens (tertiary/aromatic N) is 11. The zero-order chi connectivity index (χ0) is 70.0. The normalized spacial score (nSPS) is 18.5. The van der Waals surface area contributed by atoms with Crippen molar-refractivity contribution >= 4 is 64.6 Å². The molecular formula is C76H94N12O11. The number of aromatic nitrogens is 6. The van der Waals surface area contributed by atoms with E-state index < -0.39 is 16.2 Å². The molecule has 1 N–H and O–H groups in total. The number of ether oxygens (including phenoxy) is 3. The molecule has 3 aromatic heterocycles. The van der Waals surface area contributed by atoms with Crippen molar-refractivity contribution in [3.05, 3.63) is 141 Å². The van der Waals surface area contributed by atoms with Gasteiger partial charge in [0.25, 0.3) is 0 Å². The predicted molar refractivity (Wildman–Crippen MR) is 370 cm³/mol. The number of likely N-dealkylation sites (tertiary alicyclic amines) is 3. The van der Waals surface area contributed by atoms with Crippen molar-refractivity contribution < 1.29 is 52.6 Å². The van der Waals surface area contributed by atoms with Crippen LogP contribution in [-0.2, 0) is 126 Å². The van der Waals surface area contributed by atoms with Crippen LogP contribution in [0.1, 0.15) is 176 Å². The van der Waals surface area contributed by atoms with Gasteiger partial charge in [0.15, 0.2) is 11.6 Å². The second kappa shape index (κ2) is 27.2. The molecule has 3 saturated heterocycles.